The Kier molecular flexibility index (Phi) is 4.63. The molecule has 8 heteroatoms. The van der Waals surface area contributed by atoms with Gasteiger partial charge in [-0.05, 0) is 6.07 Å². The zero-order chi connectivity index (χ0) is 15.5. The summed E-state index contributed by atoms with van der Waals surface area (Å²) in [6.45, 7) is 8.21. The third-order valence-electron chi connectivity index (χ3n) is 3.37. The Balaban J connectivity index is 1.69. The van der Waals surface area contributed by atoms with E-state index in [1.54, 1.807) is 6.07 Å². The van der Waals surface area contributed by atoms with Crippen molar-refractivity contribution in [1.29, 1.82) is 0 Å². The second-order valence-electron chi connectivity index (χ2n) is 4.91. The molecule has 2 aromatic heterocycles. The summed E-state index contributed by atoms with van der Waals surface area (Å²) in [5.74, 6) is 0. The molecule has 1 aliphatic rings. The number of rotatable bonds is 5. The number of ether oxygens (including phenoxy) is 1. The molecule has 3 rings (SSSR count). The highest BCUT2D eigenvalue weighted by atomic mass is 32.1. The van der Waals surface area contributed by atoms with Gasteiger partial charge in [-0.2, -0.15) is 0 Å². The van der Waals surface area contributed by atoms with Crippen LogP contribution < -0.4 is 0 Å². The third-order valence-corrected chi connectivity index (χ3v) is 5.42. The number of hydrogen-bond acceptors (Lipinski definition) is 7. The lowest BCUT2D eigenvalue weighted by molar-refractivity contribution is -0.380. The average Bonchev–Trinajstić information content (AvgIpc) is 3.17. The van der Waals surface area contributed by atoms with Gasteiger partial charge in [-0.15, -0.1) is 11.3 Å². The van der Waals surface area contributed by atoms with Gasteiger partial charge in [0.1, 0.15) is 5.01 Å². The van der Waals surface area contributed by atoms with Crippen LogP contribution in [-0.4, -0.2) is 41.1 Å². The van der Waals surface area contributed by atoms with Crippen LogP contribution in [0.4, 0.5) is 5.00 Å². The molecule has 0 atom stereocenters. The Hall–Kier alpha value is -1.61. The average molecular weight is 337 g/mol. The van der Waals surface area contributed by atoms with E-state index < -0.39 is 0 Å². The van der Waals surface area contributed by atoms with Crippen LogP contribution in [0.3, 0.4) is 0 Å². The number of thiophene rings is 1. The van der Waals surface area contributed by atoms with Gasteiger partial charge >= 0.3 is 5.00 Å². The van der Waals surface area contributed by atoms with E-state index in [9.17, 15) is 10.1 Å². The van der Waals surface area contributed by atoms with E-state index in [1.165, 1.54) is 17.4 Å². The molecule has 0 aliphatic carbocycles. The van der Waals surface area contributed by atoms with Crippen LogP contribution in [-0.2, 0) is 11.3 Å². The number of morpholine rings is 1. The first-order chi connectivity index (χ1) is 10.6. The summed E-state index contributed by atoms with van der Waals surface area (Å²) in [7, 11) is 0. The van der Waals surface area contributed by atoms with Crippen LogP contribution in [0.15, 0.2) is 24.1 Å². The molecule has 0 N–H and O–H groups in total. The van der Waals surface area contributed by atoms with Gasteiger partial charge in [0.15, 0.2) is 0 Å². The lowest BCUT2D eigenvalue weighted by Gasteiger charge is -2.25. The molecule has 0 amide bonds. The molecule has 116 valence electrons. The fraction of sp³-hybridized carbons (Fsp3) is 0.357. The minimum absolute atomic E-state index is 0.126. The predicted molar refractivity (Wildman–Crippen MR) is 87.3 cm³/mol. The quantitative estimate of drug-likeness (QED) is 0.620. The van der Waals surface area contributed by atoms with Crippen molar-refractivity contribution in [2.45, 2.75) is 6.54 Å². The molecule has 2 aromatic rings. The Labute approximate surface area is 135 Å². The number of nitro groups is 1. The molecule has 3 heterocycles. The summed E-state index contributed by atoms with van der Waals surface area (Å²) < 4.78 is 5.33. The molecular weight excluding hydrogens is 322 g/mol. The number of hydrogen-bond donors (Lipinski definition) is 0. The highest BCUT2D eigenvalue weighted by molar-refractivity contribution is 7.17. The van der Waals surface area contributed by atoms with Gasteiger partial charge in [0.05, 0.1) is 23.8 Å². The van der Waals surface area contributed by atoms with E-state index >= 15 is 0 Å². The van der Waals surface area contributed by atoms with Crippen molar-refractivity contribution in [2.75, 3.05) is 26.3 Å². The first kappa shape index (κ1) is 15.3. The minimum atomic E-state index is -0.382. The Morgan fingerprint density at radius 1 is 1.45 bits per heavy atom. The summed E-state index contributed by atoms with van der Waals surface area (Å²) in [5, 5.41) is 13.7. The zero-order valence-electron chi connectivity index (χ0n) is 11.9. The second kappa shape index (κ2) is 6.66. The summed E-state index contributed by atoms with van der Waals surface area (Å²) in [4.78, 5) is 18.1. The van der Waals surface area contributed by atoms with Crippen LogP contribution in [0.2, 0.25) is 0 Å². The molecular formula is C14H15N3O3S2. The number of aromatic nitrogens is 1. The van der Waals surface area contributed by atoms with Gasteiger partial charge in [0, 0.05) is 41.5 Å². The lowest BCUT2D eigenvalue weighted by atomic mass is 10.2. The largest absolute Gasteiger partial charge is 0.379 e. The first-order valence-corrected chi connectivity index (χ1v) is 8.51. The maximum Gasteiger partial charge on any atom is 0.324 e. The molecule has 0 spiro atoms. The zero-order valence-corrected chi connectivity index (χ0v) is 13.5. The smallest absolute Gasteiger partial charge is 0.324 e. The maximum atomic E-state index is 10.8. The fourth-order valence-electron chi connectivity index (χ4n) is 2.20. The highest BCUT2D eigenvalue weighted by Gasteiger charge is 2.16. The molecule has 1 saturated heterocycles. The summed E-state index contributed by atoms with van der Waals surface area (Å²) in [5.41, 5.74) is 1.76. The molecule has 22 heavy (non-hydrogen) atoms. The van der Waals surface area contributed by atoms with Crippen LogP contribution in [0.1, 0.15) is 15.6 Å². The molecule has 0 saturated carbocycles. The number of thiazole rings is 1. The Bertz CT molecular complexity index is 689. The second-order valence-corrected chi connectivity index (χ2v) is 6.83. The summed E-state index contributed by atoms with van der Waals surface area (Å²) >= 11 is 2.66. The van der Waals surface area contributed by atoms with E-state index in [-0.39, 0.29) is 9.92 Å². The van der Waals surface area contributed by atoms with E-state index in [0.717, 1.165) is 65.3 Å². The predicted octanol–water partition coefficient (Wildman–Crippen LogP) is 3.01. The Morgan fingerprint density at radius 2 is 2.23 bits per heavy atom. The van der Waals surface area contributed by atoms with Gasteiger partial charge in [0.2, 0.25) is 0 Å². The van der Waals surface area contributed by atoms with Crippen molar-refractivity contribution in [3.63, 3.8) is 0 Å². The standard InChI is InChI=1S/C14H15N3O3S2/c1-10(12-2-3-13(22-12)17(18)19)14-15-11(9-21-14)8-16-4-6-20-7-5-16/h2-3,9H,1,4-8H2. The van der Waals surface area contributed by atoms with Crippen molar-refractivity contribution < 1.29 is 9.66 Å². The van der Waals surface area contributed by atoms with Gasteiger partial charge in [-0.1, -0.05) is 17.9 Å². The van der Waals surface area contributed by atoms with E-state index in [2.05, 4.69) is 16.5 Å². The van der Waals surface area contributed by atoms with Crippen LogP contribution >= 0.6 is 22.7 Å². The van der Waals surface area contributed by atoms with Crippen molar-refractivity contribution >= 4 is 33.2 Å². The van der Waals surface area contributed by atoms with Gasteiger partial charge < -0.3 is 4.74 Å². The fourth-order valence-corrected chi connectivity index (χ4v) is 3.85. The normalized spacial score (nSPS) is 15.8. The molecule has 1 fully saturated rings. The molecule has 0 radical (unpaired) electrons. The molecule has 1 aliphatic heterocycles. The summed E-state index contributed by atoms with van der Waals surface area (Å²) in [6.07, 6.45) is 0. The van der Waals surface area contributed by atoms with Crippen LogP contribution in [0, 0.1) is 10.1 Å². The topological polar surface area (TPSA) is 68.5 Å². The first-order valence-electron chi connectivity index (χ1n) is 6.82. The van der Waals surface area contributed by atoms with Crippen LogP contribution in [0.5, 0.6) is 0 Å². The van der Waals surface area contributed by atoms with Gasteiger partial charge in [-0.3, -0.25) is 15.0 Å². The van der Waals surface area contributed by atoms with Crippen LogP contribution in [0.25, 0.3) is 5.57 Å². The molecule has 6 nitrogen and oxygen atoms in total. The third kappa shape index (κ3) is 3.41. The van der Waals surface area contributed by atoms with Crippen molar-refractivity contribution in [3.05, 3.63) is 49.8 Å². The SMILES string of the molecule is C=C(c1ccc([N+](=O)[O-])s1)c1nc(CN2CCOCC2)cs1. The van der Waals surface area contributed by atoms with Crippen molar-refractivity contribution in [2.24, 2.45) is 0 Å². The molecule has 0 aromatic carbocycles. The van der Waals surface area contributed by atoms with Crippen molar-refractivity contribution in [1.82, 2.24) is 9.88 Å². The van der Waals surface area contributed by atoms with E-state index in [4.69, 9.17) is 4.74 Å². The lowest BCUT2D eigenvalue weighted by Crippen LogP contribution is -2.35. The monoisotopic (exact) mass is 337 g/mol. The maximum absolute atomic E-state index is 10.8. The van der Waals surface area contributed by atoms with Gasteiger partial charge in [-0.25, -0.2) is 4.98 Å². The minimum Gasteiger partial charge on any atom is -0.379 e. The highest BCUT2D eigenvalue weighted by Crippen LogP contribution is 2.33. The van der Waals surface area contributed by atoms with E-state index in [1.807, 2.05) is 5.38 Å². The molecule has 0 unspecified atom stereocenters. The molecule has 0 bridgehead atoms. The number of nitrogens with zero attached hydrogens (tertiary/aromatic N) is 3. The Morgan fingerprint density at radius 3 is 2.91 bits per heavy atom. The van der Waals surface area contributed by atoms with E-state index in [0.29, 0.717) is 0 Å². The summed E-state index contributed by atoms with van der Waals surface area (Å²) in [6, 6.07) is 3.24. The van der Waals surface area contributed by atoms with Crippen molar-refractivity contribution in [3.8, 4) is 0 Å². The van der Waals surface area contributed by atoms with Gasteiger partial charge in [0.25, 0.3) is 0 Å².